The zero-order valence-corrected chi connectivity index (χ0v) is 13.7. The molecule has 1 aromatic carbocycles. The molecule has 120 valence electrons. The van der Waals surface area contributed by atoms with Crippen molar-refractivity contribution in [1.29, 1.82) is 0 Å². The summed E-state index contributed by atoms with van der Waals surface area (Å²) in [5, 5.41) is 3.92. The molecule has 0 spiro atoms. The first kappa shape index (κ1) is 15.3. The second-order valence-electron chi connectivity index (χ2n) is 5.73. The highest BCUT2D eigenvalue weighted by molar-refractivity contribution is 5.83. The van der Waals surface area contributed by atoms with Gasteiger partial charge < -0.3 is 13.8 Å². The van der Waals surface area contributed by atoms with Gasteiger partial charge in [-0.2, -0.15) is 0 Å². The molecule has 23 heavy (non-hydrogen) atoms. The first-order valence-electron chi connectivity index (χ1n) is 7.49. The average Bonchev–Trinajstić information content (AvgIpc) is 3.08. The van der Waals surface area contributed by atoms with Gasteiger partial charge in [-0.25, -0.2) is 4.98 Å². The van der Waals surface area contributed by atoms with Crippen LogP contribution in [-0.2, 0) is 11.3 Å². The molecule has 6 heteroatoms. The number of fused-ring (bicyclic) bond motifs is 1. The van der Waals surface area contributed by atoms with Gasteiger partial charge >= 0.3 is 0 Å². The molecule has 0 fully saturated rings. The van der Waals surface area contributed by atoms with Crippen LogP contribution in [0.2, 0.25) is 0 Å². The maximum absolute atomic E-state index is 12.7. The second-order valence-corrected chi connectivity index (χ2v) is 5.73. The molecule has 0 aliphatic rings. The topological polar surface area (TPSA) is 72.4 Å². The molecule has 0 unspecified atom stereocenters. The van der Waals surface area contributed by atoms with E-state index in [4.69, 9.17) is 8.94 Å². The third kappa shape index (κ3) is 2.84. The SMILES string of the molecule is Cc1noc(C)c1[C@@H](C)C(=O)N(C)Cc1nc2ccccc2o1. The molecule has 3 aromatic rings. The molecule has 1 amide bonds. The van der Waals surface area contributed by atoms with Crippen LogP contribution >= 0.6 is 0 Å². The second kappa shape index (κ2) is 5.87. The van der Waals surface area contributed by atoms with E-state index in [0.717, 1.165) is 22.4 Å². The number of aryl methyl sites for hydroxylation is 2. The van der Waals surface area contributed by atoms with E-state index in [1.807, 2.05) is 45.0 Å². The van der Waals surface area contributed by atoms with Crippen LogP contribution in [0.1, 0.15) is 35.7 Å². The number of hydrogen-bond acceptors (Lipinski definition) is 5. The Morgan fingerprint density at radius 2 is 2.04 bits per heavy atom. The molecule has 0 saturated carbocycles. The summed E-state index contributed by atoms with van der Waals surface area (Å²) >= 11 is 0. The Kier molecular flexibility index (Phi) is 3.90. The van der Waals surface area contributed by atoms with Crippen molar-refractivity contribution < 1.29 is 13.7 Å². The lowest BCUT2D eigenvalue weighted by molar-refractivity contribution is -0.132. The Hall–Kier alpha value is -2.63. The summed E-state index contributed by atoms with van der Waals surface area (Å²) in [6.45, 7) is 5.84. The number of hydrogen-bond donors (Lipinski definition) is 0. The fraction of sp³-hybridized carbons (Fsp3) is 0.353. The summed E-state index contributed by atoms with van der Waals surface area (Å²) in [5.74, 6) is 0.851. The molecular weight excluding hydrogens is 294 g/mol. The van der Waals surface area contributed by atoms with Crippen molar-refractivity contribution in [3.63, 3.8) is 0 Å². The minimum atomic E-state index is -0.323. The summed E-state index contributed by atoms with van der Waals surface area (Å²) in [6.07, 6.45) is 0. The van der Waals surface area contributed by atoms with Crippen molar-refractivity contribution in [2.75, 3.05) is 7.05 Å². The quantitative estimate of drug-likeness (QED) is 0.739. The lowest BCUT2D eigenvalue weighted by Crippen LogP contribution is -2.30. The Bertz CT molecular complexity index is 797. The fourth-order valence-corrected chi connectivity index (χ4v) is 2.83. The molecular formula is C17H19N3O3. The Balaban J connectivity index is 1.77. The third-order valence-electron chi connectivity index (χ3n) is 3.98. The number of benzene rings is 1. The van der Waals surface area contributed by atoms with Crippen molar-refractivity contribution in [1.82, 2.24) is 15.0 Å². The zero-order chi connectivity index (χ0) is 16.6. The van der Waals surface area contributed by atoms with E-state index in [9.17, 15) is 4.79 Å². The van der Waals surface area contributed by atoms with E-state index in [1.165, 1.54) is 0 Å². The number of rotatable bonds is 4. The van der Waals surface area contributed by atoms with E-state index in [2.05, 4.69) is 10.1 Å². The van der Waals surface area contributed by atoms with Crippen LogP contribution in [0.3, 0.4) is 0 Å². The minimum absolute atomic E-state index is 0.0262. The Morgan fingerprint density at radius 3 is 2.70 bits per heavy atom. The first-order valence-corrected chi connectivity index (χ1v) is 7.49. The summed E-state index contributed by atoms with van der Waals surface area (Å²) in [5.41, 5.74) is 3.11. The van der Waals surface area contributed by atoms with Crippen LogP contribution in [0, 0.1) is 13.8 Å². The molecule has 0 saturated heterocycles. The van der Waals surface area contributed by atoms with Crippen molar-refractivity contribution in [2.24, 2.45) is 0 Å². The van der Waals surface area contributed by atoms with Crippen LogP contribution < -0.4 is 0 Å². The van der Waals surface area contributed by atoms with E-state index in [0.29, 0.717) is 18.2 Å². The van der Waals surface area contributed by atoms with Crippen molar-refractivity contribution in [3.05, 3.63) is 47.2 Å². The van der Waals surface area contributed by atoms with E-state index in [-0.39, 0.29) is 11.8 Å². The van der Waals surface area contributed by atoms with Gasteiger partial charge in [-0.3, -0.25) is 4.79 Å². The van der Waals surface area contributed by atoms with Gasteiger partial charge in [-0.1, -0.05) is 17.3 Å². The standard InChI is InChI=1S/C17H19N3O3/c1-10(16-11(2)19-23-12(16)3)17(21)20(4)9-15-18-13-7-5-6-8-14(13)22-15/h5-8,10H,9H2,1-4H3/t10-/m1/s1. The highest BCUT2D eigenvalue weighted by Gasteiger charge is 2.26. The molecule has 0 N–H and O–H groups in total. The number of likely N-dealkylation sites (N-methyl/N-ethyl adjacent to an activating group) is 1. The molecule has 0 aliphatic heterocycles. The predicted octanol–water partition coefficient (Wildman–Crippen LogP) is 3.19. The van der Waals surface area contributed by atoms with Gasteiger partial charge in [0.05, 0.1) is 18.2 Å². The van der Waals surface area contributed by atoms with Crippen molar-refractivity contribution in [2.45, 2.75) is 33.2 Å². The monoisotopic (exact) mass is 313 g/mol. The zero-order valence-electron chi connectivity index (χ0n) is 13.7. The van der Waals surface area contributed by atoms with Crippen LogP contribution in [0.25, 0.3) is 11.1 Å². The van der Waals surface area contributed by atoms with E-state index < -0.39 is 0 Å². The lowest BCUT2D eigenvalue weighted by atomic mass is 9.98. The number of aromatic nitrogens is 2. The molecule has 0 radical (unpaired) electrons. The van der Waals surface area contributed by atoms with Crippen LogP contribution in [-0.4, -0.2) is 28.0 Å². The minimum Gasteiger partial charge on any atom is -0.439 e. The molecule has 6 nitrogen and oxygen atoms in total. The van der Waals surface area contributed by atoms with Gasteiger partial charge in [0, 0.05) is 12.6 Å². The van der Waals surface area contributed by atoms with E-state index >= 15 is 0 Å². The van der Waals surface area contributed by atoms with Crippen molar-refractivity contribution >= 4 is 17.0 Å². The molecule has 3 rings (SSSR count). The maximum Gasteiger partial charge on any atom is 0.230 e. The maximum atomic E-state index is 12.7. The van der Waals surface area contributed by atoms with Gasteiger partial charge in [0.15, 0.2) is 5.58 Å². The number of amides is 1. The number of oxazole rings is 1. The fourth-order valence-electron chi connectivity index (χ4n) is 2.83. The molecule has 0 aliphatic carbocycles. The summed E-state index contributed by atoms with van der Waals surface area (Å²) in [6, 6.07) is 7.55. The van der Waals surface area contributed by atoms with Crippen LogP contribution in [0.15, 0.2) is 33.2 Å². The summed E-state index contributed by atoms with van der Waals surface area (Å²) in [4.78, 5) is 18.7. The Labute approximate surface area is 134 Å². The normalized spacial score (nSPS) is 12.5. The number of carbonyl (C=O) groups is 1. The number of carbonyl (C=O) groups excluding carboxylic acids is 1. The number of para-hydroxylation sites is 2. The highest BCUT2D eigenvalue weighted by atomic mass is 16.5. The van der Waals surface area contributed by atoms with Gasteiger partial charge in [-0.15, -0.1) is 0 Å². The predicted molar refractivity (Wildman–Crippen MR) is 84.9 cm³/mol. The van der Waals surface area contributed by atoms with Gasteiger partial charge in [0.1, 0.15) is 11.3 Å². The largest absolute Gasteiger partial charge is 0.439 e. The number of nitrogens with zero attached hydrogens (tertiary/aromatic N) is 3. The molecule has 2 heterocycles. The Morgan fingerprint density at radius 1 is 1.30 bits per heavy atom. The molecule has 1 atom stereocenters. The third-order valence-corrected chi connectivity index (χ3v) is 3.98. The first-order chi connectivity index (χ1) is 11.0. The summed E-state index contributed by atoms with van der Waals surface area (Å²) < 4.78 is 10.8. The molecule has 2 aromatic heterocycles. The summed E-state index contributed by atoms with van der Waals surface area (Å²) in [7, 11) is 1.74. The van der Waals surface area contributed by atoms with Gasteiger partial charge in [0.2, 0.25) is 11.8 Å². The highest BCUT2D eigenvalue weighted by Crippen LogP contribution is 2.25. The van der Waals surface area contributed by atoms with Gasteiger partial charge in [0.25, 0.3) is 0 Å². The van der Waals surface area contributed by atoms with Crippen LogP contribution in [0.4, 0.5) is 0 Å². The molecule has 0 bridgehead atoms. The lowest BCUT2D eigenvalue weighted by Gasteiger charge is -2.19. The van der Waals surface area contributed by atoms with E-state index in [1.54, 1.807) is 11.9 Å². The van der Waals surface area contributed by atoms with Crippen molar-refractivity contribution in [3.8, 4) is 0 Å². The van der Waals surface area contributed by atoms with Crippen LogP contribution in [0.5, 0.6) is 0 Å². The smallest absolute Gasteiger partial charge is 0.230 e. The average molecular weight is 313 g/mol. The van der Waals surface area contributed by atoms with Gasteiger partial charge in [-0.05, 0) is 32.9 Å².